The van der Waals surface area contributed by atoms with Crippen LogP contribution in [-0.2, 0) is 0 Å². The fourth-order valence-electron chi connectivity index (χ4n) is 2.98. The molecule has 2 heterocycles. The van der Waals surface area contributed by atoms with Crippen LogP contribution in [0.4, 0.5) is 27.8 Å². The summed E-state index contributed by atoms with van der Waals surface area (Å²) >= 11 is 6.07. The highest BCUT2D eigenvalue weighted by molar-refractivity contribution is 6.30. The first-order chi connectivity index (χ1) is 15.2. The summed E-state index contributed by atoms with van der Waals surface area (Å²) in [6.07, 6.45) is 2.17. The van der Waals surface area contributed by atoms with Crippen molar-refractivity contribution in [2.75, 3.05) is 29.0 Å². The molecular formula is C21H21ClN8O. The van der Waals surface area contributed by atoms with E-state index in [4.69, 9.17) is 11.6 Å². The molecule has 0 saturated heterocycles. The molecule has 31 heavy (non-hydrogen) atoms. The van der Waals surface area contributed by atoms with Crippen molar-refractivity contribution >= 4 is 51.7 Å². The standard InChI is InChI=1S/C21H21ClN8O/c22-14-6-4-9-16(12-14)27-18-17-19(29-30-20(17)26-13-25-18)23-10-5-11-24-21(31)28-15-7-2-1-3-8-15/h1-4,6-9,12-13H,5,10-11H2,(H2,24,28,31)(H3,23,25,26,27,29,30). The average Bonchev–Trinajstić information content (AvgIpc) is 3.18. The topological polar surface area (TPSA) is 120 Å². The number of aromatic nitrogens is 4. The Bertz CT molecular complexity index is 1160. The molecule has 0 aliphatic carbocycles. The Hall–Kier alpha value is -3.85. The predicted molar refractivity (Wildman–Crippen MR) is 123 cm³/mol. The molecule has 0 atom stereocenters. The summed E-state index contributed by atoms with van der Waals surface area (Å²) in [7, 11) is 0. The largest absolute Gasteiger partial charge is 0.368 e. The third-order valence-electron chi connectivity index (χ3n) is 4.41. The van der Waals surface area contributed by atoms with Gasteiger partial charge in [-0.05, 0) is 36.8 Å². The van der Waals surface area contributed by atoms with Gasteiger partial charge in [0.2, 0.25) is 0 Å². The van der Waals surface area contributed by atoms with E-state index in [1.54, 1.807) is 6.07 Å². The zero-order chi connectivity index (χ0) is 21.5. The Balaban J connectivity index is 1.32. The Kier molecular flexibility index (Phi) is 6.44. The molecule has 0 saturated carbocycles. The SMILES string of the molecule is O=C(NCCCNc1n[nH]c2ncnc(Nc3cccc(Cl)c3)c12)Nc1ccccc1. The summed E-state index contributed by atoms with van der Waals surface area (Å²) in [5, 5.41) is 20.7. The smallest absolute Gasteiger partial charge is 0.319 e. The van der Waals surface area contributed by atoms with E-state index in [2.05, 4.69) is 41.4 Å². The van der Waals surface area contributed by atoms with E-state index in [1.165, 1.54) is 6.33 Å². The predicted octanol–water partition coefficient (Wildman–Crippen LogP) is 4.37. The van der Waals surface area contributed by atoms with Crippen LogP contribution >= 0.6 is 11.6 Å². The van der Waals surface area contributed by atoms with Crippen LogP contribution in [0.25, 0.3) is 11.0 Å². The normalized spacial score (nSPS) is 10.6. The number of carbonyl (C=O) groups is 1. The lowest BCUT2D eigenvalue weighted by atomic mass is 10.3. The molecule has 0 unspecified atom stereocenters. The molecule has 0 bridgehead atoms. The Morgan fingerprint density at radius 2 is 1.81 bits per heavy atom. The van der Waals surface area contributed by atoms with Crippen molar-refractivity contribution in [1.29, 1.82) is 0 Å². The molecule has 4 rings (SSSR count). The molecule has 5 N–H and O–H groups in total. The van der Waals surface area contributed by atoms with Gasteiger partial charge in [-0.1, -0.05) is 35.9 Å². The average molecular weight is 437 g/mol. The molecule has 0 aliphatic rings. The lowest BCUT2D eigenvalue weighted by Gasteiger charge is -2.09. The first-order valence-corrected chi connectivity index (χ1v) is 10.1. The van der Waals surface area contributed by atoms with Crippen LogP contribution in [0.2, 0.25) is 5.02 Å². The van der Waals surface area contributed by atoms with Crippen molar-refractivity contribution in [2.45, 2.75) is 6.42 Å². The van der Waals surface area contributed by atoms with Gasteiger partial charge in [-0.25, -0.2) is 14.8 Å². The summed E-state index contributed by atoms with van der Waals surface area (Å²) in [6, 6.07) is 16.4. The number of nitrogens with one attached hydrogen (secondary N) is 5. The number of carbonyl (C=O) groups excluding carboxylic acids is 1. The zero-order valence-corrected chi connectivity index (χ0v) is 17.3. The van der Waals surface area contributed by atoms with Crippen molar-refractivity contribution in [3.8, 4) is 0 Å². The van der Waals surface area contributed by atoms with E-state index in [0.717, 1.165) is 16.8 Å². The van der Waals surface area contributed by atoms with Crippen molar-refractivity contribution < 1.29 is 4.79 Å². The highest BCUT2D eigenvalue weighted by Crippen LogP contribution is 2.28. The summed E-state index contributed by atoms with van der Waals surface area (Å²) in [4.78, 5) is 20.5. The van der Waals surface area contributed by atoms with Crippen molar-refractivity contribution in [2.24, 2.45) is 0 Å². The minimum Gasteiger partial charge on any atom is -0.368 e. The fraction of sp³-hybridized carbons (Fsp3) is 0.143. The molecule has 4 aromatic rings. The quantitative estimate of drug-likeness (QED) is 0.261. The van der Waals surface area contributed by atoms with Gasteiger partial charge >= 0.3 is 6.03 Å². The second-order valence-corrected chi connectivity index (χ2v) is 7.12. The van der Waals surface area contributed by atoms with Gasteiger partial charge in [0.15, 0.2) is 11.5 Å². The monoisotopic (exact) mass is 436 g/mol. The Labute approximate surface area is 183 Å². The highest BCUT2D eigenvalue weighted by atomic mass is 35.5. The van der Waals surface area contributed by atoms with Gasteiger partial charge in [0.1, 0.15) is 17.5 Å². The van der Waals surface area contributed by atoms with E-state index < -0.39 is 0 Å². The maximum atomic E-state index is 11.9. The van der Waals surface area contributed by atoms with Crippen LogP contribution in [-0.4, -0.2) is 39.3 Å². The van der Waals surface area contributed by atoms with Gasteiger partial charge in [-0.15, -0.1) is 0 Å². The van der Waals surface area contributed by atoms with E-state index in [0.29, 0.717) is 41.8 Å². The van der Waals surface area contributed by atoms with Gasteiger partial charge in [0.25, 0.3) is 0 Å². The molecule has 0 aliphatic heterocycles. The van der Waals surface area contributed by atoms with Gasteiger partial charge < -0.3 is 21.3 Å². The van der Waals surface area contributed by atoms with Crippen LogP contribution in [0, 0.1) is 0 Å². The number of aromatic amines is 1. The maximum absolute atomic E-state index is 11.9. The third-order valence-corrected chi connectivity index (χ3v) is 4.64. The highest BCUT2D eigenvalue weighted by Gasteiger charge is 2.13. The lowest BCUT2D eigenvalue weighted by molar-refractivity contribution is 0.252. The molecule has 0 fully saturated rings. The molecule has 2 aromatic carbocycles. The zero-order valence-electron chi connectivity index (χ0n) is 16.5. The van der Waals surface area contributed by atoms with E-state index in [-0.39, 0.29) is 6.03 Å². The number of nitrogens with zero attached hydrogens (tertiary/aromatic N) is 3. The summed E-state index contributed by atoms with van der Waals surface area (Å²) < 4.78 is 0. The van der Waals surface area contributed by atoms with Crippen molar-refractivity contribution in [3.05, 3.63) is 65.9 Å². The molecule has 0 radical (unpaired) electrons. The Morgan fingerprint density at radius 3 is 2.65 bits per heavy atom. The number of H-pyrrole nitrogens is 1. The molecular weight excluding hydrogens is 416 g/mol. The number of fused-ring (bicyclic) bond motifs is 1. The van der Waals surface area contributed by atoms with Crippen LogP contribution in [0.1, 0.15) is 6.42 Å². The number of rotatable bonds is 8. The van der Waals surface area contributed by atoms with Crippen LogP contribution in [0.3, 0.4) is 0 Å². The van der Waals surface area contributed by atoms with Crippen LogP contribution in [0.15, 0.2) is 60.9 Å². The minimum absolute atomic E-state index is 0.238. The Morgan fingerprint density at radius 1 is 0.968 bits per heavy atom. The number of amides is 2. The van der Waals surface area contributed by atoms with E-state index in [9.17, 15) is 4.79 Å². The van der Waals surface area contributed by atoms with Gasteiger partial charge in [0, 0.05) is 29.5 Å². The number of anilines is 4. The van der Waals surface area contributed by atoms with Gasteiger partial charge in [-0.2, -0.15) is 5.10 Å². The molecule has 2 amide bonds. The summed E-state index contributed by atoms with van der Waals surface area (Å²) in [6.45, 7) is 1.12. The van der Waals surface area contributed by atoms with Gasteiger partial charge in [0.05, 0.1) is 0 Å². The molecule has 2 aromatic heterocycles. The molecule has 0 spiro atoms. The number of halogens is 1. The number of benzene rings is 2. The summed E-state index contributed by atoms with van der Waals surface area (Å²) in [5.74, 6) is 1.25. The third kappa shape index (κ3) is 5.40. The second-order valence-electron chi connectivity index (χ2n) is 6.68. The lowest BCUT2D eigenvalue weighted by Crippen LogP contribution is -2.30. The van der Waals surface area contributed by atoms with E-state index in [1.807, 2.05) is 48.5 Å². The minimum atomic E-state index is -0.238. The first kappa shape index (κ1) is 20.4. The van der Waals surface area contributed by atoms with Crippen LogP contribution < -0.4 is 21.3 Å². The number of para-hydroxylation sites is 1. The first-order valence-electron chi connectivity index (χ1n) is 9.74. The number of hydrogen-bond acceptors (Lipinski definition) is 6. The maximum Gasteiger partial charge on any atom is 0.319 e. The van der Waals surface area contributed by atoms with Crippen LogP contribution in [0.5, 0.6) is 0 Å². The molecule has 9 nitrogen and oxygen atoms in total. The van der Waals surface area contributed by atoms with Gasteiger partial charge in [-0.3, -0.25) is 5.10 Å². The van der Waals surface area contributed by atoms with Crippen molar-refractivity contribution in [1.82, 2.24) is 25.5 Å². The molecule has 158 valence electrons. The molecule has 10 heteroatoms. The van der Waals surface area contributed by atoms with E-state index >= 15 is 0 Å². The number of hydrogen-bond donors (Lipinski definition) is 5. The second kappa shape index (κ2) is 9.77. The van der Waals surface area contributed by atoms with Crippen molar-refractivity contribution in [3.63, 3.8) is 0 Å². The number of urea groups is 1. The summed E-state index contributed by atoms with van der Waals surface area (Å²) in [5.41, 5.74) is 2.18. The fourth-order valence-corrected chi connectivity index (χ4v) is 3.17.